The summed E-state index contributed by atoms with van der Waals surface area (Å²) in [4.78, 5) is 22.9. The summed E-state index contributed by atoms with van der Waals surface area (Å²) in [5.41, 5.74) is 0. The summed E-state index contributed by atoms with van der Waals surface area (Å²) in [5, 5.41) is 11.5. The van der Waals surface area contributed by atoms with Crippen molar-refractivity contribution in [3.63, 3.8) is 0 Å². The second-order valence-electron chi connectivity index (χ2n) is 15.9. The number of carbonyl (C=O) groups is 2. The Morgan fingerprint density at radius 1 is 0.453 bits per heavy atom. The van der Waals surface area contributed by atoms with Crippen LogP contribution in [0.1, 0.15) is 245 Å². The first kappa shape index (κ1) is 51.7. The van der Waals surface area contributed by atoms with Gasteiger partial charge in [0.2, 0.25) is 0 Å². The van der Waals surface area contributed by atoms with Crippen LogP contribution in [0.5, 0.6) is 0 Å². The summed E-state index contributed by atoms with van der Waals surface area (Å²) < 4.78 is 17.6. The fourth-order valence-corrected chi connectivity index (χ4v) is 7.00. The Bertz CT molecular complexity index is 735. The second kappa shape index (κ2) is 45.1. The van der Waals surface area contributed by atoms with Gasteiger partial charge in [0.1, 0.15) is 12.7 Å². The Morgan fingerprint density at radius 3 is 1.21 bits per heavy atom. The van der Waals surface area contributed by atoms with Gasteiger partial charge in [-0.15, -0.1) is 0 Å². The standard InChI is InChI=1S/C46H91NO6/c1-3-5-7-9-11-13-15-17-19-21-23-25-27-29-31-36-40-51-42-44(43-53-46(50)47-39-35-33-34-38-45(48)49)52-41-37-32-30-28-26-24-22-20-18-16-14-12-10-8-6-4-2/h44H,3-43H2,1-2H3,(H,47,50)(H,48,49)/t44-/m1/s1. The Hall–Kier alpha value is -1.34. The third-order valence-electron chi connectivity index (χ3n) is 10.5. The number of nitrogens with one attached hydrogen (secondary N) is 1. The average molecular weight is 754 g/mol. The van der Waals surface area contributed by atoms with E-state index in [1.807, 2.05) is 0 Å². The number of amides is 1. The fourth-order valence-electron chi connectivity index (χ4n) is 7.00. The molecule has 0 fully saturated rings. The monoisotopic (exact) mass is 754 g/mol. The molecular formula is C46H91NO6. The highest BCUT2D eigenvalue weighted by molar-refractivity contribution is 5.67. The van der Waals surface area contributed by atoms with Gasteiger partial charge in [0.15, 0.2) is 0 Å². The molecule has 0 aromatic heterocycles. The number of aliphatic carboxylic acids is 1. The van der Waals surface area contributed by atoms with Crippen molar-refractivity contribution in [1.29, 1.82) is 0 Å². The number of carboxylic acid groups (broad SMARTS) is 1. The van der Waals surface area contributed by atoms with Gasteiger partial charge < -0.3 is 24.6 Å². The molecule has 0 aliphatic rings. The number of carboxylic acids is 1. The maximum absolute atomic E-state index is 12.2. The summed E-state index contributed by atoms with van der Waals surface area (Å²) in [6.07, 6.45) is 44.8. The number of rotatable bonds is 45. The van der Waals surface area contributed by atoms with Crippen molar-refractivity contribution in [2.75, 3.05) is 33.0 Å². The molecule has 0 spiro atoms. The molecule has 1 amide bonds. The van der Waals surface area contributed by atoms with E-state index >= 15 is 0 Å². The normalized spacial score (nSPS) is 12.0. The maximum atomic E-state index is 12.2. The maximum Gasteiger partial charge on any atom is 0.407 e. The van der Waals surface area contributed by atoms with Crippen LogP contribution in [0, 0.1) is 0 Å². The predicted molar refractivity (Wildman–Crippen MR) is 225 cm³/mol. The van der Waals surface area contributed by atoms with Crippen LogP contribution in [0.2, 0.25) is 0 Å². The van der Waals surface area contributed by atoms with Crippen molar-refractivity contribution in [3.8, 4) is 0 Å². The molecule has 0 bridgehead atoms. The van der Waals surface area contributed by atoms with Crippen LogP contribution in [0.15, 0.2) is 0 Å². The minimum atomic E-state index is -0.778. The molecule has 0 saturated carbocycles. The van der Waals surface area contributed by atoms with Crippen LogP contribution < -0.4 is 5.32 Å². The lowest BCUT2D eigenvalue weighted by molar-refractivity contribution is -0.137. The van der Waals surface area contributed by atoms with Gasteiger partial charge in [0.05, 0.1) is 6.61 Å². The van der Waals surface area contributed by atoms with E-state index in [0.717, 1.165) is 32.3 Å². The first-order valence-corrected chi connectivity index (χ1v) is 23.4. The molecule has 316 valence electrons. The van der Waals surface area contributed by atoms with Gasteiger partial charge in [-0.1, -0.05) is 213 Å². The molecule has 2 N–H and O–H groups in total. The molecule has 0 rings (SSSR count). The van der Waals surface area contributed by atoms with Gasteiger partial charge in [0, 0.05) is 26.2 Å². The van der Waals surface area contributed by atoms with Crippen molar-refractivity contribution in [3.05, 3.63) is 0 Å². The van der Waals surface area contributed by atoms with Crippen LogP contribution in [0.3, 0.4) is 0 Å². The summed E-state index contributed by atoms with van der Waals surface area (Å²) in [7, 11) is 0. The molecular weight excluding hydrogens is 663 g/mol. The van der Waals surface area contributed by atoms with Gasteiger partial charge in [-0.2, -0.15) is 0 Å². The zero-order valence-corrected chi connectivity index (χ0v) is 35.6. The predicted octanol–water partition coefficient (Wildman–Crippen LogP) is 14.3. The van der Waals surface area contributed by atoms with E-state index in [9.17, 15) is 9.59 Å². The fraction of sp³-hybridized carbons (Fsp3) is 0.957. The number of carbonyl (C=O) groups excluding carboxylic acids is 1. The van der Waals surface area contributed by atoms with E-state index in [0.29, 0.717) is 26.2 Å². The lowest BCUT2D eigenvalue weighted by Gasteiger charge is -2.18. The van der Waals surface area contributed by atoms with Crippen LogP contribution in [-0.2, 0) is 19.0 Å². The molecule has 0 saturated heterocycles. The van der Waals surface area contributed by atoms with Crippen LogP contribution in [0.4, 0.5) is 4.79 Å². The van der Waals surface area contributed by atoms with E-state index in [2.05, 4.69) is 19.2 Å². The third-order valence-corrected chi connectivity index (χ3v) is 10.5. The third kappa shape index (κ3) is 44.9. The van der Waals surface area contributed by atoms with Crippen molar-refractivity contribution >= 4 is 12.1 Å². The molecule has 53 heavy (non-hydrogen) atoms. The highest BCUT2D eigenvalue weighted by Crippen LogP contribution is 2.15. The smallest absolute Gasteiger partial charge is 0.407 e. The van der Waals surface area contributed by atoms with Gasteiger partial charge >= 0.3 is 12.1 Å². The highest BCUT2D eigenvalue weighted by Gasteiger charge is 2.13. The molecule has 0 aliphatic heterocycles. The zero-order valence-electron chi connectivity index (χ0n) is 35.6. The number of unbranched alkanes of at least 4 members (excludes halogenated alkanes) is 32. The summed E-state index contributed by atoms with van der Waals surface area (Å²) in [5.74, 6) is -0.778. The zero-order chi connectivity index (χ0) is 38.6. The highest BCUT2D eigenvalue weighted by atomic mass is 16.6. The quantitative estimate of drug-likeness (QED) is 0.0601. The van der Waals surface area contributed by atoms with Crippen molar-refractivity contribution in [2.45, 2.75) is 251 Å². The Labute approximate surface area is 329 Å². The molecule has 0 radical (unpaired) electrons. The lowest BCUT2D eigenvalue weighted by atomic mass is 10.0. The molecule has 0 aromatic carbocycles. The Balaban J connectivity index is 3.98. The minimum absolute atomic E-state index is 0.169. The average Bonchev–Trinajstić information content (AvgIpc) is 3.15. The van der Waals surface area contributed by atoms with Gasteiger partial charge in [-0.3, -0.25) is 4.79 Å². The lowest BCUT2D eigenvalue weighted by Crippen LogP contribution is -2.32. The first-order valence-electron chi connectivity index (χ1n) is 23.4. The Kier molecular flexibility index (Phi) is 43.9. The van der Waals surface area contributed by atoms with E-state index in [1.54, 1.807) is 0 Å². The largest absolute Gasteiger partial charge is 0.481 e. The van der Waals surface area contributed by atoms with E-state index in [-0.39, 0.29) is 19.1 Å². The van der Waals surface area contributed by atoms with Crippen molar-refractivity contribution in [2.24, 2.45) is 0 Å². The number of hydrogen-bond donors (Lipinski definition) is 2. The van der Waals surface area contributed by atoms with E-state index in [4.69, 9.17) is 19.3 Å². The Morgan fingerprint density at radius 2 is 0.811 bits per heavy atom. The summed E-state index contributed by atoms with van der Waals surface area (Å²) in [6.45, 7) is 7.07. The summed E-state index contributed by atoms with van der Waals surface area (Å²) >= 11 is 0. The topological polar surface area (TPSA) is 94.1 Å². The van der Waals surface area contributed by atoms with Crippen LogP contribution in [0.25, 0.3) is 0 Å². The number of alkyl carbamates (subject to hydrolysis) is 1. The van der Waals surface area contributed by atoms with E-state index < -0.39 is 12.1 Å². The number of hydrogen-bond acceptors (Lipinski definition) is 5. The van der Waals surface area contributed by atoms with Gasteiger partial charge in [-0.25, -0.2) is 4.79 Å². The van der Waals surface area contributed by atoms with Crippen molar-refractivity contribution < 1.29 is 28.9 Å². The van der Waals surface area contributed by atoms with Crippen molar-refractivity contribution in [1.82, 2.24) is 5.32 Å². The van der Waals surface area contributed by atoms with Crippen LogP contribution >= 0.6 is 0 Å². The molecule has 0 aromatic rings. The molecule has 7 heteroatoms. The summed E-state index contributed by atoms with van der Waals surface area (Å²) in [6, 6.07) is 0. The minimum Gasteiger partial charge on any atom is -0.481 e. The SMILES string of the molecule is CCCCCCCCCCCCCCCCCCOC[C@H](COC(=O)NCCCCCC(=O)O)OCCCCCCCCCCCCCCCCCC. The second-order valence-corrected chi connectivity index (χ2v) is 15.9. The van der Waals surface area contributed by atoms with Gasteiger partial charge in [0.25, 0.3) is 0 Å². The van der Waals surface area contributed by atoms with Gasteiger partial charge in [-0.05, 0) is 25.7 Å². The number of ether oxygens (including phenoxy) is 3. The molecule has 7 nitrogen and oxygen atoms in total. The first-order chi connectivity index (χ1) is 26.1. The van der Waals surface area contributed by atoms with E-state index in [1.165, 1.54) is 193 Å². The molecule has 0 heterocycles. The molecule has 0 unspecified atom stereocenters. The molecule has 0 aliphatic carbocycles. The molecule has 1 atom stereocenters. The van der Waals surface area contributed by atoms with Crippen LogP contribution in [-0.4, -0.2) is 56.2 Å².